The van der Waals surface area contributed by atoms with Crippen molar-refractivity contribution >= 4 is 11.7 Å². The summed E-state index contributed by atoms with van der Waals surface area (Å²) in [5, 5.41) is 7.42. The predicted molar refractivity (Wildman–Crippen MR) is 123 cm³/mol. The molecule has 1 fully saturated rings. The molecule has 1 saturated heterocycles. The van der Waals surface area contributed by atoms with Crippen LogP contribution in [0, 0.1) is 13.8 Å². The monoisotopic (exact) mass is 434 g/mol. The predicted octanol–water partition coefficient (Wildman–Crippen LogP) is 2.66. The molecule has 0 aliphatic carbocycles. The number of anilines is 1. The van der Waals surface area contributed by atoms with Crippen LogP contribution in [0.5, 0.6) is 0 Å². The molecule has 0 bridgehead atoms. The zero-order valence-corrected chi connectivity index (χ0v) is 19.0. The molecule has 0 unspecified atom stereocenters. The van der Waals surface area contributed by atoms with Gasteiger partial charge < -0.3 is 15.1 Å². The molecule has 1 aromatic carbocycles. The van der Waals surface area contributed by atoms with Gasteiger partial charge in [0.15, 0.2) is 0 Å². The van der Waals surface area contributed by atoms with E-state index in [0.29, 0.717) is 19.6 Å². The zero-order chi connectivity index (χ0) is 22.5. The molecular formula is C23H30N8O. The van der Waals surface area contributed by atoms with E-state index in [0.717, 1.165) is 48.8 Å². The van der Waals surface area contributed by atoms with Gasteiger partial charge in [-0.15, -0.1) is 0 Å². The SMILES string of the molecule is CCCc1cc(N2CCN(C(=O)NCc3cnc(C)cn3)CC2)ccc1-n1cnc(C)n1. The number of carbonyl (C=O) groups excluding carboxylic acids is 1. The number of amides is 2. The summed E-state index contributed by atoms with van der Waals surface area (Å²) in [7, 11) is 0. The van der Waals surface area contributed by atoms with E-state index < -0.39 is 0 Å². The van der Waals surface area contributed by atoms with Crippen LogP contribution in [0.3, 0.4) is 0 Å². The van der Waals surface area contributed by atoms with Crippen LogP contribution in [0.4, 0.5) is 10.5 Å². The highest BCUT2D eigenvalue weighted by Crippen LogP contribution is 2.24. The van der Waals surface area contributed by atoms with E-state index in [1.165, 1.54) is 11.3 Å². The lowest BCUT2D eigenvalue weighted by atomic mass is 10.1. The number of aromatic nitrogens is 5. The Hall–Kier alpha value is -3.49. The molecule has 9 nitrogen and oxygen atoms in total. The maximum Gasteiger partial charge on any atom is 0.317 e. The molecule has 168 valence electrons. The molecule has 9 heteroatoms. The molecule has 2 amide bonds. The average molecular weight is 435 g/mol. The first kappa shape index (κ1) is 21.7. The second kappa shape index (κ2) is 9.76. The largest absolute Gasteiger partial charge is 0.368 e. The number of aryl methyl sites for hydroxylation is 3. The lowest BCUT2D eigenvalue weighted by Crippen LogP contribution is -2.51. The molecule has 1 aliphatic heterocycles. The molecule has 32 heavy (non-hydrogen) atoms. The van der Waals surface area contributed by atoms with Gasteiger partial charge in [0.25, 0.3) is 0 Å². The zero-order valence-electron chi connectivity index (χ0n) is 19.0. The number of piperazine rings is 1. The van der Waals surface area contributed by atoms with E-state index in [9.17, 15) is 4.79 Å². The van der Waals surface area contributed by atoms with Gasteiger partial charge in [-0.3, -0.25) is 9.97 Å². The fraction of sp³-hybridized carbons (Fsp3) is 0.435. The summed E-state index contributed by atoms with van der Waals surface area (Å²) in [5.41, 5.74) is 5.14. The fourth-order valence-electron chi connectivity index (χ4n) is 3.88. The van der Waals surface area contributed by atoms with Crippen molar-refractivity contribution in [3.8, 4) is 5.69 Å². The molecule has 4 rings (SSSR count). The minimum atomic E-state index is -0.0596. The summed E-state index contributed by atoms with van der Waals surface area (Å²) < 4.78 is 1.85. The van der Waals surface area contributed by atoms with Crippen LogP contribution in [0.25, 0.3) is 5.69 Å². The highest BCUT2D eigenvalue weighted by Gasteiger charge is 2.22. The number of hydrogen-bond donors (Lipinski definition) is 1. The van der Waals surface area contributed by atoms with E-state index in [1.807, 2.05) is 23.4 Å². The minimum absolute atomic E-state index is 0.0596. The van der Waals surface area contributed by atoms with E-state index in [1.54, 1.807) is 18.7 Å². The standard InChI is InChI=1S/C23H30N8O/c1-4-5-19-12-21(6-7-22(19)31-16-27-18(3)28-31)29-8-10-30(11-9-29)23(32)26-15-20-14-24-17(2)13-25-20/h6-7,12-14,16H,4-5,8-11,15H2,1-3H3,(H,26,32). The summed E-state index contributed by atoms with van der Waals surface area (Å²) in [6, 6.07) is 6.45. The van der Waals surface area contributed by atoms with Gasteiger partial charge in [0, 0.05) is 38.1 Å². The molecule has 2 aromatic heterocycles. The Bertz CT molecular complexity index is 1050. The van der Waals surface area contributed by atoms with Crippen molar-refractivity contribution in [2.75, 3.05) is 31.1 Å². The first-order valence-corrected chi connectivity index (χ1v) is 11.1. The van der Waals surface area contributed by atoms with Gasteiger partial charge >= 0.3 is 6.03 Å². The highest BCUT2D eigenvalue weighted by molar-refractivity contribution is 5.74. The Morgan fingerprint density at radius 2 is 1.88 bits per heavy atom. The molecule has 0 saturated carbocycles. The van der Waals surface area contributed by atoms with Crippen LogP contribution in [0.15, 0.2) is 36.9 Å². The van der Waals surface area contributed by atoms with Gasteiger partial charge in [-0.05, 0) is 44.0 Å². The van der Waals surface area contributed by atoms with Crippen molar-refractivity contribution in [1.29, 1.82) is 0 Å². The topological polar surface area (TPSA) is 92.1 Å². The van der Waals surface area contributed by atoms with Crippen molar-refractivity contribution in [3.05, 3.63) is 59.7 Å². The van der Waals surface area contributed by atoms with Crippen molar-refractivity contribution in [2.24, 2.45) is 0 Å². The smallest absolute Gasteiger partial charge is 0.317 e. The number of urea groups is 1. The van der Waals surface area contributed by atoms with E-state index in [-0.39, 0.29) is 6.03 Å². The summed E-state index contributed by atoms with van der Waals surface area (Å²) in [5.74, 6) is 0.764. The minimum Gasteiger partial charge on any atom is -0.368 e. The van der Waals surface area contributed by atoms with Gasteiger partial charge in [0.1, 0.15) is 12.2 Å². The Morgan fingerprint density at radius 3 is 2.53 bits per heavy atom. The molecule has 1 N–H and O–H groups in total. The number of carbonyl (C=O) groups is 1. The second-order valence-electron chi connectivity index (χ2n) is 8.08. The molecule has 1 aliphatic rings. The molecule has 0 spiro atoms. The van der Waals surface area contributed by atoms with Crippen LogP contribution < -0.4 is 10.2 Å². The lowest BCUT2D eigenvalue weighted by Gasteiger charge is -2.36. The van der Waals surface area contributed by atoms with Crippen LogP contribution in [-0.4, -0.2) is 61.8 Å². The molecule has 3 aromatic rings. The Kier molecular flexibility index (Phi) is 6.63. The van der Waals surface area contributed by atoms with E-state index in [4.69, 9.17) is 0 Å². The third kappa shape index (κ3) is 5.04. The fourth-order valence-corrected chi connectivity index (χ4v) is 3.88. The van der Waals surface area contributed by atoms with Crippen LogP contribution in [-0.2, 0) is 13.0 Å². The number of rotatable bonds is 6. The summed E-state index contributed by atoms with van der Waals surface area (Å²) in [6.07, 6.45) is 7.22. The Morgan fingerprint density at radius 1 is 1.06 bits per heavy atom. The highest BCUT2D eigenvalue weighted by atomic mass is 16.2. The molecule has 0 atom stereocenters. The molecule has 0 radical (unpaired) electrons. The van der Waals surface area contributed by atoms with Crippen molar-refractivity contribution in [2.45, 2.75) is 40.2 Å². The quantitative estimate of drug-likeness (QED) is 0.641. The van der Waals surface area contributed by atoms with Crippen LogP contribution in [0.2, 0.25) is 0 Å². The van der Waals surface area contributed by atoms with Gasteiger partial charge in [0.05, 0.1) is 29.8 Å². The maximum atomic E-state index is 12.6. The number of benzene rings is 1. The van der Waals surface area contributed by atoms with Crippen LogP contribution in [0.1, 0.15) is 36.1 Å². The average Bonchev–Trinajstić information content (AvgIpc) is 3.25. The first-order valence-electron chi connectivity index (χ1n) is 11.1. The normalized spacial score (nSPS) is 14.0. The third-order valence-electron chi connectivity index (χ3n) is 5.62. The maximum absolute atomic E-state index is 12.6. The van der Waals surface area contributed by atoms with Crippen molar-refractivity contribution < 1.29 is 4.79 Å². The Balaban J connectivity index is 1.36. The summed E-state index contributed by atoms with van der Waals surface area (Å²) in [4.78, 5) is 29.5. The van der Waals surface area contributed by atoms with Crippen molar-refractivity contribution in [1.82, 2.24) is 34.9 Å². The van der Waals surface area contributed by atoms with Gasteiger partial charge in [0.2, 0.25) is 0 Å². The first-order chi connectivity index (χ1) is 15.5. The number of hydrogen-bond acceptors (Lipinski definition) is 6. The molecule has 3 heterocycles. The second-order valence-corrected chi connectivity index (χ2v) is 8.08. The summed E-state index contributed by atoms with van der Waals surface area (Å²) in [6.45, 7) is 9.31. The van der Waals surface area contributed by atoms with E-state index >= 15 is 0 Å². The van der Waals surface area contributed by atoms with Gasteiger partial charge in [-0.1, -0.05) is 13.3 Å². The molecular weight excluding hydrogens is 404 g/mol. The number of nitrogens with zero attached hydrogens (tertiary/aromatic N) is 7. The summed E-state index contributed by atoms with van der Waals surface area (Å²) >= 11 is 0. The van der Waals surface area contributed by atoms with Crippen LogP contribution >= 0.6 is 0 Å². The third-order valence-corrected chi connectivity index (χ3v) is 5.62. The van der Waals surface area contributed by atoms with Gasteiger partial charge in [-0.25, -0.2) is 14.5 Å². The lowest BCUT2D eigenvalue weighted by molar-refractivity contribution is 0.194. The van der Waals surface area contributed by atoms with E-state index in [2.05, 4.69) is 55.4 Å². The van der Waals surface area contributed by atoms with Gasteiger partial charge in [-0.2, -0.15) is 5.10 Å². The van der Waals surface area contributed by atoms with Crippen molar-refractivity contribution in [3.63, 3.8) is 0 Å². The Labute approximate surface area is 188 Å². The number of nitrogens with one attached hydrogen (secondary N) is 1.